The monoisotopic (exact) mass is 347 g/mol. The molecule has 2 rings (SSSR count). The van der Waals surface area contributed by atoms with E-state index in [1.807, 2.05) is 20.8 Å². The van der Waals surface area contributed by atoms with Crippen LogP contribution < -0.4 is 0 Å². The van der Waals surface area contributed by atoms with Crippen LogP contribution in [0.1, 0.15) is 37.6 Å². The zero-order valence-electron chi connectivity index (χ0n) is 14.2. The third-order valence-electron chi connectivity index (χ3n) is 3.82. The molecule has 0 radical (unpaired) electrons. The van der Waals surface area contributed by atoms with Crippen LogP contribution in [0.5, 0.6) is 0 Å². The second-order valence-corrected chi connectivity index (χ2v) is 8.67. The normalized spacial score (nSPS) is 19.5. The van der Waals surface area contributed by atoms with Crippen LogP contribution in [-0.4, -0.2) is 39.4 Å². The fourth-order valence-corrected chi connectivity index (χ4v) is 3.65. The number of nitrogens with zero attached hydrogens (tertiary/aromatic N) is 1. The Labute approximate surface area is 145 Å². The van der Waals surface area contributed by atoms with E-state index in [9.17, 15) is 19.2 Å². The summed E-state index contributed by atoms with van der Waals surface area (Å²) in [4.78, 5) is 50.9. The van der Waals surface area contributed by atoms with Crippen molar-refractivity contribution in [3.8, 4) is 0 Å². The molecule has 128 valence electrons. The molecule has 0 N–H and O–H groups in total. The molecule has 0 bridgehead atoms. The lowest BCUT2D eigenvalue weighted by Gasteiger charge is -2.23. The molecule has 0 saturated carbocycles. The predicted molar refractivity (Wildman–Crippen MR) is 92.5 cm³/mol. The lowest BCUT2D eigenvalue weighted by Crippen LogP contribution is -2.36. The quantitative estimate of drug-likeness (QED) is 0.475. The molecular formula is C18H21NO4S. The van der Waals surface area contributed by atoms with E-state index < -0.39 is 23.5 Å². The molecule has 1 fully saturated rings. The van der Waals surface area contributed by atoms with Crippen LogP contribution in [0.3, 0.4) is 0 Å². The van der Waals surface area contributed by atoms with Gasteiger partial charge in [-0.1, -0.05) is 62.9 Å². The summed E-state index contributed by atoms with van der Waals surface area (Å²) in [5, 5.41) is -0.363. The van der Waals surface area contributed by atoms with Gasteiger partial charge in [-0.15, -0.1) is 0 Å². The average Bonchev–Trinajstić information content (AvgIpc) is 2.74. The van der Waals surface area contributed by atoms with Gasteiger partial charge in [-0.3, -0.25) is 24.1 Å². The molecular weight excluding hydrogens is 326 g/mol. The zero-order valence-corrected chi connectivity index (χ0v) is 15.1. The number of thioether (sulfide) groups is 1. The summed E-state index contributed by atoms with van der Waals surface area (Å²) < 4.78 is -0.385. The van der Waals surface area contributed by atoms with Gasteiger partial charge in [0.05, 0.1) is 5.92 Å². The number of hydrogen-bond donors (Lipinski definition) is 0. The smallest absolute Gasteiger partial charge is 0.233 e. The minimum atomic E-state index is -1.14. The molecule has 1 saturated heterocycles. The first kappa shape index (κ1) is 18.4. The fraction of sp³-hybridized carbons (Fsp3) is 0.444. The van der Waals surface area contributed by atoms with Crippen molar-refractivity contribution in [2.24, 2.45) is 11.8 Å². The van der Waals surface area contributed by atoms with Crippen molar-refractivity contribution in [1.29, 1.82) is 0 Å². The van der Waals surface area contributed by atoms with E-state index in [1.54, 1.807) is 30.3 Å². The number of benzene rings is 1. The second kappa shape index (κ2) is 6.89. The Hall–Kier alpha value is -1.95. The van der Waals surface area contributed by atoms with Crippen LogP contribution in [0.4, 0.5) is 0 Å². The molecule has 2 atom stereocenters. The van der Waals surface area contributed by atoms with Crippen LogP contribution in [0, 0.1) is 11.8 Å². The van der Waals surface area contributed by atoms with Gasteiger partial charge in [-0.25, -0.2) is 0 Å². The van der Waals surface area contributed by atoms with Crippen molar-refractivity contribution in [1.82, 2.24) is 4.90 Å². The lowest BCUT2D eigenvalue weighted by atomic mass is 9.85. The Morgan fingerprint density at radius 2 is 1.75 bits per heavy atom. The minimum absolute atomic E-state index is 0.102. The van der Waals surface area contributed by atoms with Crippen LogP contribution in [0.15, 0.2) is 30.3 Å². The Kier molecular flexibility index (Phi) is 5.28. The summed E-state index contributed by atoms with van der Waals surface area (Å²) in [6.07, 6.45) is -0.102. The molecule has 1 aliphatic heterocycles. The van der Waals surface area contributed by atoms with Crippen molar-refractivity contribution < 1.29 is 19.2 Å². The van der Waals surface area contributed by atoms with E-state index in [0.29, 0.717) is 5.56 Å². The van der Waals surface area contributed by atoms with Gasteiger partial charge in [0.1, 0.15) is 5.92 Å². The van der Waals surface area contributed by atoms with Crippen molar-refractivity contribution in [2.75, 3.05) is 7.05 Å². The molecule has 6 heteroatoms. The second-order valence-electron chi connectivity index (χ2n) is 6.84. The fourth-order valence-electron chi connectivity index (χ4n) is 2.65. The summed E-state index contributed by atoms with van der Waals surface area (Å²) in [6.45, 7) is 5.61. The van der Waals surface area contributed by atoms with E-state index >= 15 is 0 Å². The maximum atomic E-state index is 12.9. The highest BCUT2D eigenvalue weighted by atomic mass is 32.2. The SMILES string of the molecule is CN1C(=O)C[C@H](C(C(=O)SC(C)(C)C)C(=O)c2ccccc2)C1=O. The zero-order chi connectivity index (χ0) is 18.1. The van der Waals surface area contributed by atoms with Crippen LogP contribution in [0.2, 0.25) is 0 Å². The van der Waals surface area contributed by atoms with Gasteiger partial charge in [-0.05, 0) is 0 Å². The Bertz CT molecular complexity index is 678. The third-order valence-corrected chi connectivity index (χ3v) is 4.89. The maximum absolute atomic E-state index is 12.9. The predicted octanol–water partition coefficient (Wildman–Crippen LogP) is 2.55. The average molecular weight is 347 g/mol. The van der Waals surface area contributed by atoms with Gasteiger partial charge < -0.3 is 0 Å². The first-order valence-corrected chi connectivity index (χ1v) is 8.56. The number of hydrogen-bond acceptors (Lipinski definition) is 5. The molecule has 0 aliphatic carbocycles. The number of rotatable bonds is 4. The minimum Gasteiger partial charge on any atom is -0.293 e. The highest BCUT2D eigenvalue weighted by Gasteiger charge is 2.47. The van der Waals surface area contributed by atoms with Gasteiger partial charge in [0.25, 0.3) is 0 Å². The summed E-state index contributed by atoms with van der Waals surface area (Å²) in [6, 6.07) is 8.43. The van der Waals surface area contributed by atoms with E-state index in [2.05, 4.69) is 0 Å². The number of imide groups is 1. The number of amides is 2. The molecule has 1 unspecified atom stereocenters. The molecule has 1 aliphatic rings. The van der Waals surface area contributed by atoms with E-state index in [1.165, 1.54) is 7.05 Å². The van der Waals surface area contributed by atoms with Crippen molar-refractivity contribution >= 4 is 34.5 Å². The molecule has 0 spiro atoms. The number of likely N-dealkylation sites (tertiary alicyclic amines) is 1. The van der Waals surface area contributed by atoms with Gasteiger partial charge in [0.2, 0.25) is 16.9 Å². The van der Waals surface area contributed by atoms with Gasteiger partial charge in [0, 0.05) is 23.8 Å². The van der Waals surface area contributed by atoms with Gasteiger partial charge in [-0.2, -0.15) is 0 Å². The molecule has 0 aromatic heterocycles. The topological polar surface area (TPSA) is 71.5 Å². The molecule has 1 aromatic rings. The Morgan fingerprint density at radius 1 is 1.17 bits per heavy atom. The maximum Gasteiger partial charge on any atom is 0.233 e. The third kappa shape index (κ3) is 3.93. The van der Waals surface area contributed by atoms with Crippen LogP contribution in [0.25, 0.3) is 0 Å². The highest BCUT2D eigenvalue weighted by Crippen LogP contribution is 2.35. The van der Waals surface area contributed by atoms with E-state index in [4.69, 9.17) is 0 Å². The van der Waals surface area contributed by atoms with Crippen molar-refractivity contribution in [3.63, 3.8) is 0 Å². The Balaban J connectivity index is 2.39. The largest absolute Gasteiger partial charge is 0.293 e. The highest BCUT2D eigenvalue weighted by molar-refractivity contribution is 8.14. The molecule has 5 nitrogen and oxygen atoms in total. The summed E-state index contributed by atoms with van der Waals surface area (Å²) in [5.74, 6) is -3.28. The Morgan fingerprint density at radius 3 is 2.21 bits per heavy atom. The first-order valence-electron chi connectivity index (χ1n) is 7.74. The van der Waals surface area contributed by atoms with Crippen LogP contribution in [-0.2, 0) is 14.4 Å². The van der Waals surface area contributed by atoms with Gasteiger partial charge in [0.15, 0.2) is 5.78 Å². The standard InChI is InChI=1S/C18H21NO4S/c1-18(2,3)24-17(23)14(12-10-13(20)19(4)16(12)22)15(21)11-8-6-5-7-9-11/h5-9,12,14H,10H2,1-4H3/t12-,14?/m1/s1. The molecule has 24 heavy (non-hydrogen) atoms. The number of carbonyl (C=O) groups is 4. The van der Waals surface area contributed by atoms with Crippen molar-refractivity contribution in [2.45, 2.75) is 31.9 Å². The number of Topliss-reactive ketones (excluding diaryl/α,β-unsaturated/α-hetero) is 1. The summed E-state index contributed by atoms with van der Waals surface area (Å²) >= 11 is 1.04. The van der Waals surface area contributed by atoms with E-state index in [-0.39, 0.29) is 22.2 Å². The summed E-state index contributed by atoms with van der Waals surface area (Å²) in [7, 11) is 1.39. The van der Waals surface area contributed by atoms with E-state index in [0.717, 1.165) is 16.7 Å². The van der Waals surface area contributed by atoms with Crippen molar-refractivity contribution in [3.05, 3.63) is 35.9 Å². The molecule has 1 heterocycles. The molecule has 1 aromatic carbocycles. The lowest BCUT2D eigenvalue weighted by molar-refractivity contribution is -0.138. The van der Waals surface area contributed by atoms with Crippen LogP contribution >= 0.6 is 11.8 Å². The van der Waals surface area contributed by atoms with Gasteiger partial charge >= 0.3 is 0 Å². The number of ketones is 1. The summed E-state index contributed by atoms with van der Waals surface area (Å²) in [5.41, 5.74) is 0.375. The number of carbonyl (C=O) groups excluding carboxylic acids is 4. The first-order chi connectivity index (χ1) is 11.1. The molecule has 2 amide bonds.